The molecule has 0 unspecified atom stereocenters. The summed E-state index contributed by atoms with van der Waals surface area (Å²) in [5.74, 6) is -0.592. The Bertz CT molecular complexity index is 762. The van der Waals surface area contributed by atoms with Crippen LogP contribution in [0.5, 0.6) is 5.75 Å². The van der Waals surface area contributed by atoms with E-state index in [1.165, 1.54) is 6.07 Å². The highest BCUT2D eigenvalue weighted by atomic mass is 19.1. The van der Waals surface area contributed by atoms with Crippen LogP contribution in [0.15, 0.2) is 42.5 Å². The van der Waals surface area contributed by atoms with Crippen LogP contribution in [0.3, 0.4) is 0 Å². The van der Waals surface area contributed by atoms with Crippen molar-refractivity contribution >= 4 is 11.8 Å². The van der Waals surface area contributed by atoms with Crippen LogP contribution in [0.4, 0.5) is 4.39 Å². The Morgan fingerprint density at radius 1 is 1.04 bits per heavy atom. The quantitative estimate of drug-likeness (QED) is 0.792. The highest BCUT2D eigenvalue weighted by molar-refractivity contribution is 5.82. The number of hydrogen-bond acceptors (Lipinski definition) is 3. The van der Waals surface area contributed by atoms with Crippen molar-refractivity contribution in [3.8, 4) is 5.75 Å². The number of hydrogen-bond donors (Lipinski definition) is 2. The molecular formula is C19H21FN2O3. The zero-order chi connectivity index (χ0) is 18.2. The van der Waals surface area contributed by atoms with Gasteiger partial charge in [0.2, 0.25) is 5.91 Å². The van der Waals surface area contributed by atoms with Gasteiger partial charge >= 0.3 is 0 Å². The molecule has 0 spiro atoms. The van der Waals surface area contributed by atoms with Crippen molar-refractivity contribution in [2.75, 3.05) is 6.61 Å². The number of benzene rings is 2. The van der Waals surface area contributed by atoms with Gasteiger partial charge in [0.1, 0.15) is 11.6 Å². The topological polar surface area (TPSA) is 67.4 Å². The van der Waals surface area contributed by atoms with Gasteiger partial charge in [-0.1, -0.05) is 30.3 Å². The van der Waals surface area contributed by atoms with Crippen LogP contribution < -0.4 is 15.6 Å². The lowest BCUT2D eigenvalue weighted by atomic mass is 10.1. The molecule has 0 saturated heterocycles. The number of rotatable bonds is 6. The third kappa shape index (κ3) is 5.91. The van der Waals surface area contributed by atoms with E-state index in [1.54, 1.807) is 18.2 Å². The van der Waals surface area contributed by atoms with E-state index in [1.807, 2.05) is 32.0 Å². The van der Waals surface area contributed by atoms with E-state index >= 15 is 0 Å². The van der Waals surface area contributed by atoms with Gasteiger partial charge in [0.25, 0.3) is 5.91 Å². The molecule has 2 rings (SSSR count). The fraction of sp³-hybridized carbons (Fsp3) is 0.263. The van der Waals surface area contributed by atoms with Gasteiger partial charge in [-0.15, -0.1) is 0 Å². The summed E-state index contributed by atoms with van der Waals surface area (Å²) in [6.07, 6.45) is 0.326. The van der Waals surface area contributed by atoms with Crippen molar-refractivity contribution in [3.63, 3.8) is 0 Å². The molecule has 0 aliphatic rings. The molecule has 2 N–H and O–H groups in total. The molecule has 0 aliphatic heterocycles. The number of amides is 2. The normalized spacial score (nSPS) is 10.2. The van der Waals surface area contributed by atoms with Gasteiger partial charge < -0.3 is 4.74 Å². The molecule has 132 valence electrons. The van der Waals surface area contributed by atoms with Crippen LogP contribution in [-0.2, 0) is 16.0 Å². The minimum Gasteiger partial charge on any atom is -0.483 e. The molecule has 6 heteroatoms. The zero-order valence-corrected chi connectivity index (χ0v) is 14.3. The van der Waals surface area contributed by atoms with E-state index < -0.39 is 11.8 Å². The lowest BCUT2D eigenvalue weighted by molar-refractivity contribution is -0.130. The lowest BCUT2D eigenvalue weighted by Gasteiger charge is -2.11. The minimum absolute atomic E-state index is 0.0685. The van der Waals surface area contributed by atoms with Crippen molar-refractivity contribution in [3.05, 3.63) is 65.0 Å². The predicted molar refractivity (Wildman–Crippen MR) is 92.4 cm³/mol. The standard InChI is InChI=1S/C19H21FN2O3/c1-13-7-8-14(2)17(11-13)25-12-19(24)22-21-18(23)10-9-15-5-3-4-6-16(15)20/h3-8,11H,9-10,12H2,1-2H3,(H,21,23)(H,22,24). The highest BCUT2D eigenvalue weighted by Crippen LogP contribution is 2.18. The van der Waals surface area contributed by atoms with Crippen LogP contribution in [-0.4, -0.2) is 18.4 Å². The molecule has 0 radical (unpaired) electrons. The molecule has 0 aliphatic carbocycles. The second-order valence-corrected chi connectivity index (χ2v) is 5.75. The van der Waals surface area contributed by atoms with Crippen molar-refractivity contribution in [2.45, 2.75) is 26.7 Å². The molecule has 2 aromatic rings. The Morgan fingerprint density at radius 3 is 2.52 bits per heavy atom. The zero-order valence-electron chi connectivity index (χ0n) is 14.3. The Balaban J connectivity index is 1.71. The highest BCUT2D eigenvalue weighted by Gasteiger charge is 2.08. The number of carbonyl (C=O) groups excluding carboxylic acids is 2. The third-order valence-corrected chi connectivity index (χ3v) is 3.62. The minimum atomic E-state index is -0.472. The van der Waals surface area contributed by atoms with Crippen molar-refractivity contribution < 1.29 is 18.7 Å². The smallest absolute Gasteiger partial charge is 0.276 e. The van der Waals surface area contributed by atoms with E-state index in [9.17, 15) is 14.0 Å². The van der Waals surface area contributed by atoms with Gasteiger partial charge in [0.05, 0.1) is 0 Å². The molecule has 2 aromatic carbocycles. The number of ether oxygens (including phenoxy) is 1. The van der Waals surface area contributed by atoms with E-state index in [0.717, 1.165) is 11.1 Å². The first-order valence-electron chi connectivity index (χ1n) is 7.97. The SMILES string of the molecule is Cc1ccc(C)c(OCC(=O)NNC(=O)CCc2ccccc2F)c1. The Morgan fingerprint density at radius 2 is 1.76 bits per heavy atom. The molecule has 0 aromatic heterocycles. The Hall–Kier alpha value is -2.89. The van der Waals surface area contributed by atoms with Gasteiger partial charge in [-0.3, -0.25) is 20.4 Å². The summed E-state index contributed by atoms with van der Waals surface area (Å²) in [5.41, 5.74) is 6.99. The van der Waals surface area contributed by atoms with E-state index in [0.29, 0.717) is 11.3 Å². The monoisotopic (exact) mass is 344 g/mol. The molecule has 0 saturated carbocycles. The maximum Gasteiger partial charge on any atom is 0.276 e. The maximum atomic E-state index is 13.5. The van der Waals surface area contributed by atoms with Crippen molar-refractivity contribution in [2.24, 2.45) is 0 Å². The largest absolute Gasteiger partial charge is 0.483 e. The first kappa shape index (κ1) is 18.4. The molecule has 5 nitrogen and oxygen atoms in total. The maximum absolute atomic E-state index is 13.5. The first-order valence-corrected chi connectivity index (χ1v) is 7.97. The summed E-state index contributed by atoms with van der Waals surface area (Å²) < 4.78 is 18.9. The van der Waals surface area contributed by atoms with Crippen LogP contribution in [0, 0.1) is 19.7 Å². The van der Waals surface area contributed by atoms with Crippen molar-refractivity contribution in [1.82, 2.24) is 10.9 Å². The summed E-state index contributed by atoms with van der Waals surface area (Å²) in [6.45, 7) is 3.61. The molecule has 0 bridgehead atoms. The molecule has 0 heterocycles. The number of aryl methyl sites for hydroxylation is 3. The van der Waals surface area contributed by atoms with Gasteiger partial charge in [0, 0.05) is 6.42 Å². The van der Waals surface area contributed by atoms with Crippen LogP contribution in [0.1, 0.15) is 23.1 Å². The summed E-state index contributed by atoms with van der Waals surface area (Å²) in [7, 11) is 0. The lowest BCUT2D eigenvalue weighted by Crippen LogP contribution is -2.43. The third-order valence-electron chi connectivity index (χ3n) is 3.62. The predicted octanol–water partition coefficient (Wildman–Crippen LogP) is 2.60. The van der Waals surface area contributed by atoms with Gasteiger partial charge in [-0.2, -0.15) is 0 Å². The summed E-state index contributed by atoms with van der Waals surface area (Å²) in [6, 6.07) is 12.0. The molecule has 2 amide bonds. The average molecular weight is 344 g/mol. The van der Waals surface area contributed by atoms with Gasteiger partial charge in [-0.25, -0.2) is 4.39 Å². The summed E-state index contributed by atoms with van der Waals surface area (Å²) in [5, 5.41) is 0. The first-order chi connectivity index (χ1) is 12.0. The fourth-order valence-electron chi connectivity index (χ4n) is 2.19. The average Bonchev–Trinajstić information content (AvgIpc) is 2.60. The van der Waals surface area contributed by atoms with Crippen LogP contribution >= 0.6 is 0 Å². The molecular weight excluding hydrogens is 323 g/mol. The Kier molecular flexibility index (Phi) is 6.51. The number of halogens is 1. The van der Waals surface area contributed by atoms with Crippen LogP contribution in [0.2, 0.25) is 0 Å². The van der Waals surface area contributed by atoms with Crippen molar-refractivity contribution in [1.29, 1.82) is 0 Å². The summed E-state index contributed by atoms with van der Waals surface area (Å²) >= 11 is 0. The molecule has 25 heavy (non-hydrogen) atoms. The second kappa shape index (κ2) is 8.82. The van der Waals surface area contributed by atoms with Gasteiger partial charge in [0.15, 0.2) is 6.61 Å². The van der Waals surface area contributed by atoms with E-state index in [-0.39, 0.29) is 25.3 Å². The summed E-state index contributed by atoms with van der Waals surface area (Å²) in [4.78, 5) is 23.5. The van der Waals surface area contributed by atoms with Gasteiger partial charge in [-0.05, 0) is 49.1 Å². The number of hydrazine groups is 1. The van der Waals surface area contributed by atoms with E-state index in [2.05, 4.69) is 10.9 Å². The fourth-order valence-corrected chi connectivity index (χ4v) is 2.19. The van der Waals surface area contributed by atoms with Crippen LogP contribution in [0.25, 0.3) is 0 Å². The second-order valence-electron chi connectivity index (χ2n) is 5.75. The molecule has 0 atom stereocenters. The van der Waals surface area contributed by atoms with E-state index in [4.69, 9.17) is 4.74 Å². The Labute approximate surface area is 146 Å². The number of carbonyl (C=O) groups is 2. The molecule has 0 fully saturated rings. The number of nitrogens with one attached hydrogen (secondary N) is 2.